The van der Waals surface area contributed by atoms with Gasteiger partial charge in [0, 0.05) is 17.8 Å². The van der Waals surface area contributed by atoms with Gasteiger partial charge in [-0.05, 0) is 119 Å². The first-order valence-corrected chi connectivity index (χ1v) is 19.4. The van der Waals surface area contributed by atoms with Crippen molar-refractivity contribution in [3.8, 4) is 45.0 Å². The molecule has 5 heteroatoms. The van der Waals surface area contributed by atoms with Crippen LogP contribution in [0.1, 0.15) is 90.2 Å². The van der Waals surface area contributed by atoms with Gasteiger partial charge in [-0.15, -0.1) is 0 Å². The number of aryl methyl sites for hydroxylation is 2. The zero-order valence-electron chi connectivity index (χ0n) is 31.5. The van der Waals surface area contributed by atoms with Crippen LogP contribution in [0.25, 0.3) is 33.5 Å². The lowest BCUT2D eigenvalue weighted by molar-refractivity contribution is 0.233. The molecule has 2 atom stereocenters. The molecule has 5 rings (SSSR count). The molecule has 0 aliphatic rings. The van der Waals surface area contributed by atoms with Crippen molar-refractivity contribution in [2.45, 2.75) is 91.9 Å². The molecule has 0 aliphatic carbocycles. The highest BCUT2D eigenvalue weighted by molar-refractivity contribution is 5.75. The third-order valence-electron chi connectivity index (χ3n) is 10.2. The molecule has 274 valence electrons. The van der Waals surface area contributed by atoms with E-state index in [1.54, 1.807) is 12.3 Å². The molecule has 0 bridgehead atoms. The minimum Gasteiger partial charge on any atom is -0.493 e. The van der Waals surface area contributed by atoms with E-state index in [4.69, 9.17) is 9.47 Å². The number of rotatable bonds is 20. The van der Waals surface area contributed by atoms with Crippen molar-refractivity contribution in [2.75, 3.05) is 13.2 Å². The molecule has 1 aromatic heterocycles. The molecule has 0 fully saturated rings. The molecule has 0 N–H and O–H groups in total. The van der Waals surface area contributed by atoms with E-state index in [-0.39, 0.29) is 0 Å². The van der Waals surface area contributed by atoms with E-state index in [2.05, 4.69) is 99.4 Å². The summed E-state index contributed by atoms with van der Waals surface area (Å²) >= 11 is 0. The molecule has 3 nitrogen and oxygen atoms in total. The van der Waals surface area contributed by atoms with Crippen molar-refractivity contribution in [2.24, 2.45) is 11.8 Å². The van der Waals surface area contributed by atoms with Gasteiger partial charge >= 0.3 is 0 Å². The minimum atomic E-state index is -0.613. The summed E-state index contributed by atoms with van der Waals surface area (Å²) in [4.78, 5) is 4.50. The summed E-state index contributed by atoms with van der Waals surface area (Å²) in [5, 5.41) is 0. The van der Waals surface area contributed by atoms with Crippen LogP contribution >= 0.6 is 0 Å². The Bertz CT molecular complexity index is 1720. The van der Waals surface area contributed by atoms with Crippen LogP contribution in [0, 0.1) is 23.5 Å². The van der Waals surface area contributed by atoms with Crippen LogP contribution in [0.5, 0.6) is 11.5 Å². The Kier molecular flexibility index (Phi) is 14.8. The number of hydrogen-bond acceptors (Lipinski definition) is 3. The van der Waals surface area contributed by atoms with Crippen LogP contribution in [0.3, 0.4) is 0 Å². The van der Waals surface area contributed by atoms with Crippen LogP contribution in [-0.2, 0) is 12.8 Å². The lowest BCUT2D eigenvalue weighted by Crippen LogP contribution is -2.11. The fourth-order valence-corrected chi connectivity index (χ4v) is 6.60. The fraction of sp³-hybridized carbons (Fsp3) is 0.383. The first-order valence-electron chi connectivity index (χ1n) is 19.4. The van der Waals surface area contributed by atoms with E-state index in [9.17, 15) is 8.78 Å². The summed E-state index contributed by atoms with van der Waals surface area (Å²) in [5.41, 5.74) is 7.62. The maximum atomic E-state index is 14.4. The van der Waals surface area contributed by atoms with Gasteiger partial charge in [0.1, 0.15) is 23.1 Å². The Labute approximate surface area is 310 Å². The van der Waals surface area contributed by atoms with Gasteiger partial charge in [-0.1, -0.05) is 109 Å². The zero-order chi connectivity index (χ0) is 36.7. The Morgan fingerprint density at radius 3 is 1.56 bits per heavy atom. The molecule has 5 aromatic rings. The number of hydrogen-bond donors (Lipinski definition) is 0. The fourth-order valence-electron chi connectivity index (χ4n) is 6.60. The summed E-state index contributed by atoms with van der Waals surface area (Å²) in [6.07, 6.45) is 13.0. The topological polar surface area (TPSA) is 31.4 Å². The van der Waals surface area contributed by atoms with Gasteiger partial charge < -0.3 is 9.47 Å². The predicted octanol–water partition coefficient (Wildman–Crippen LogP) is 13.3. The monoisotopic (exact) mass is 703 g/mol. The van der Waals surface area contributed by atoms with Gasteiger partial charge in [-0.3, -0.25) is 4.98 Å². The van der Waals surface area contributed by atoms with Crippen molar-refractivity contribution in [3.05, 3.63) is 126 Å². The molecular formula is C47H55F2NO2. The highest BCUT2D eigenvalue weighted by atomic mass is 19.1. The molecular weight excluding hydrogens is 649 g/mol. The lowest BCUT2D eigenvalue weighted by atomic mass is 9.93. The normalized spacial score (nSPS) is 12.4. The second-order valence-corrected chi connectivity index (χ2v) is 14.1. The highest BCUT2D eigenvalue weighted by Gasteiger charge is 2.12. The smallest absolute Gasteiger partial charge is 0.135 e. The first kappa shape index (κ1) is 38.7. The number of unbranched alkanes of at least 4 members (excludes halogenated alkanes) is 2. The number of benzene rings is 4. The van der Waals surface area contributed by atoms with E-state index < -0.39 is 11.6 Å². The summed E-state index contributed by atoms with van der Waals surface area (Å²) < 4.78 is 40.2. The van der Waals surface area contributed by atoms with Crippen LogP contribution < -0.4 is 9.47 Å². The number of halogens is 2. The SMILES string of the molecule is CCCCC(CC)COc1ccc(-c2cc(CCc3ccc(-c4ccc(F)cc4F)nc3)cc(-c3ccc(OCC(CC)CCCC)cc3)c2)cc1. The van der Waals surface area contributed by atoms with Gasteiger partial charge in [0.15, 0.2) is 0 Å². The third-order valence-corrected chi connectivity index (χ3v) is 10.2. The van der Waals surface area contributed by atoms with E-state index in [1.165, 1.54) is 56.2 Å². The molecule has 0 radical (unpaired) electrons. The molecule has 0 amide bonds. The number of ether oxygens (including phenoxy) is 2. The van der Waals surface area contributed by atoms with Gasteiger partial charge in [0.05, 0.1) is 18.9 Å². The zero-order valence-corrected chi connectivity index (χ0v) is 31.5. The Balaban J connectivity index is 1.34. The molecule has 4 aromatic carbocycles. The van der Waals surface area contributed by atoms with Crippen LogP contribution in [0.4, 0.5) is 8.78 Å². The summed E-state index contributed by atoms with van der Waals surface area (Å²) in [6.45, 7) is 10.5. The van der Waals surface area contributed by atoms with Crippen LogP contribution in [0.2, 0.25) is 0 Å². The maximum absolute atomic E-state index is 14.4. The summed E-state index contributed by atoms with van der Waals surface area (Å²) in [7, 11) is 0. The average molecular weight is 704 g/mol. The van der Waals surface area contributed by atoms with Crippen molar-refractivity contribution < 1.29 is 18.3 Å². The molecule has 0 spiro atoms. The second-order valence-electron chi connectivity index (χ2n) is 14.1. The molecule has 0 saturated heterocycles. The number of pyridine rings is 1. The van der Waals surface area contributed by atoms with Crippen molar-refractivity contribution in [1.29, 1.82) is 0 Å². The van der Waals surface area contributed by atoms with Gasteiger partial charge in [-0.25, -0.2) is 8.78 Å². The Morgan fingerprint density at radius 2 is 1.10 bits per heavy atom. The van der Waals surface area contributed by atoms with Gasteiger partial charge in [0.2, 0.25) is 0 Å². The van der Waals surface area contributed by atoms with Gasteiger partial charge in [-0.2, -0.15) is 0 Å². The van der Waals surface area contributed by atoms with E-state index >= 15 is 0 Å². The van der Waals surface area contributed by atoms with Crippen molar-refractivity contribution in [3.63, 3.8) is 0 Å². The van der Waals surface area contributed by atoms with Crippen LogP contribution in [-0.4, -0.2) is 18.2 Å². The summed E-state index contributed by atoms with van der Waals surface area (Å²) in [5.74, 6) is 1.77. The quantitative estimate of drug-likeness (QED) is 0.0809. The first-order chi connectivity index (χ1) is 25.4. The standard InChI is InChI=1S/C47H55F2NO2/c1-5-9-11-34(7-3)32-51-43-21-16-38(17-22-43)40-27-37(14-13-36-15-26-47(50-31-36)45-25-20-42(48)30-46(45)49)28-41(29-40)39-18-23-44(24-19-39)52-33-35(8-4)12-10-6-2/h15-31,34-35H,5-14,32-33H2,1-4H3. The number of aromatic nitrogens is 1. The molecule has 0 aliphatic heterocycles. The van der Waals surface area contributed by atoms with Gasteiger partial charge in [0.25, 0.3) is 0 Å². The summed E-state index contributed by atoms with van der Waals surface area (Å²) in [6, 6.07) is 31.1. The van der Waals surface area contributed by atoms with Crippen molar-refractivity contribution >= 4 is 0 Å². The second kappa shape index (κ2) is 19.9. The average Bonchev–Trinajstić information content (AvgIpc) is 3.18. The highest BCUT2D eigenvalue weighted by Crippen LogP contribution is 2.32. The molecule has 0 saturated carbocycles. The van der Waals surface area contributed by atoms with E-state index in [0.29, 0.717) is 23.1 Å². The van der Waals surface area contributed by atoms with E-state index in [1.807, 2.05) is 6.07 Å². The maximum Gasteiger partial charge on any atom is 0.135 e. The largest absolute Gasteiger partial charge is 0.493 e. The molecule has 2 unspecified atom stereocenters. The lowest BCUT2D eigenvalue weighted by Gasteiger charge is -2.16. The minimum absolute atomic E-state index is 0.293. The van der Waals surface area contributed by atoms with Crippen LogP contribution in [0.15, 0.2) is 103 Å². The molecule has 1 heterocycles. The van der Waals surface area contributed by atoms with E-state index in [0.717, 1.165) is 84.3 Å². The Morgan fingerprint density at radius 1 is 0.558 bits per heavy atom. The molecule has 52 heavy (non-hydrogen) atoms. The predicted molar refractivity (Wildman–Crippen MR) is 212 cm³/mol. The van der Waals surface area contributed by atoms with Crippen molar-refractivity contribution in [1.82, 2.24) is 4.98 Å². The Hall–Kier alpha value is -4.51. The third kappa shape index (κ3) is 11.2. The number of nitrogens with zero attached hydrogens (tertiary/aromatic N) is 1.